The third-order valence-electron chi connectivity index (χ3n) is 4.13. The maximum Gasteiger partial charge on any atom is 0.296 e. The summed E-state index contributed by atoms with van der Waals surface area (Å²) in [7, 11) is 0. The Labute approximate surface area is 148 Å². The molecule has 4 rings (SSSR count). The zero-order chi connectivity index (χ0) is 17.4. The van der Waals surface area contributed by atoms with Crippen molar-refractivity contribution in [3.63, 3.8) is 0 Å². The van der Waals surface area contributed by atoms with E-state index in [9.17, 15) is 4.79 Å². The summed E-state index contributed by atoms with van der Waals surface area (Å²) in [4.78, 5) is 12.2. The van der Waals surface area contributed by atoms with E-state index >= 15 is 0 Å². The minimum Gasteiger partial charge on any atom is -0.265 e. The van der Waals surface area contributed by atoms with Gasteiger partial charge in [-0.1, -0.05) is 48.5 Å². The number of benzene rings is 3. The Balaban J connectivity index is 2.02. The molecule has 0 atom stereocenters. The molecule has 1 N–H and O–H groups in total. The fraction of sp³-hybridized carbons (Fsp3) is 0.0526. The number of hydrogen-bond acceptors (Lipinski definition) is 4. The lowest BCUT2D eigenvalue weighted by molar-refractivity contribution is 0.720. The highest BCUT2D eigenvalue weighted by molar-refractivity contribution is 7.71. The van der Waals surface area contributed by atoms with Crippen LogP contribution in [-0.4, -0.2) is 21.1 Å². The lowest BCUT2D eigenvalue weighted by Crippen LogP contribution is -2.22. The lowest BCUT2D eigenvalue weighted by atomic mass is 9.97. The Morgan fingerprint density at radius 2 is 1.68 bits per heavy atom. The maximum atomic E-state index is 12.2. The van der Waals surface area contributed by atoms with Crippen molar-refractivity contribution in [3.8, 4) is 0 Å². The number of H-pyrrole nitrogens is 1. The second-order valence-corrected chi connectivity index (χ2v) is 6.09. The molecule has 4 aromatic rings. The quantitative estimate of drug-likeness (QED) is 0.341. The minimum atomic E-state index is -0.329. The second-order valence-electron chi connectivity index (χ2n) is 5.71. The van der Waals surface area contributed by atoms with Gasteiger partial charge in [0.25, 0.3) is 5.56 Å². The summed E-state index contributed by atoms with van der Waals surface area (Å²) in [6, 6.07) is 18.4. The van der Waals surface area contributed by atoms with Gasteiger partial charge in [0.2, 0.25) is 4.77 Å². The van der Waals surface area contributed by atoms with E-state index < -0.39 is 0 Å². The third-order valence-corrected chi connectivity index (χ3v) is 4.39. The SMILES string of the molecule is Cc1n[nH]c(=S)n(/N=C/c2c3ccccc3cc3ccccc23)c1=O. The van der Waals surface area contributed by atoms with Gasteiger partial charge in [0, 0.05) is 5.56 Å². The summed E-state index contributed by atoms with van der Waals surface area (Å²) in [5, 5.41) is 15.2. The number of nitrogens with one attached hydrogen (secondary N) is 1. The van der Waals surface area contributed by atoms with Crippen molar-refractivity contribution in [2.75, 3.05) is 0 Å². The number of aryl methyl sites for hydroxylation is 1. The molecule has 0 spiro atoms. The first-order valence-electron chi connectivity index (χ1n) is 7.78. The summed E-state index contributed by atoms with van der Waals surface area (Å²) in [6.45, 7) is 1.62. The molecule has 6 heteroatoms. The summed E-state index contributed by atoms with van der Waals surface area (Å²) >= 11 is 5.14. The van der Waals surface area contributed by atoms with Crippen molar-refractivity contribution in [1.29, 1.82) is 0 Å². The summed E-state index contributed by atoms with van der Waals surface area (Å²) in [6.07, 6.45) is 1.69. The van der Waals surface area contributed by atoms with Crippen molar-refractivity contribution in [2.45, 2.75) is 6.92 Å². The molecule has 0 aliphatic carbocycles. The van der Waals surface area contributed by atoms with E-state index in [1.54, 1.807) is 13.1 Å². The Bertz CT molecular complexity index is 1200. The third kappa shape index (κ3) is 2.66. The van der Waals surface area contributed by atoms with Crippen LogP contribution in [0.15, 0.2) is 64.5 Å². The van der Waals surface area contributed by atoms with Crippen molar-refractivity contribution in [1.82, 2.24) is 14.9 Å². The number of fused-ring (bicyclic) bond motifs is 2. The van der Waals surface area contributed by atoms with E-state index in [4.69, 9.17) is 12.2 Å². The molecule has 0 aliphatic rings. The monoisotopic (exact) mass is 346 g/mol. The molecule has 0 fully saturated rings. The average molecular weight is 346 g/mol. The molecule has 25 heavy (non-hydrogen) atoms. The van der Waals surface area contributed by atoms with Crippen LogP contribution in [0.4, 0.5) is 0 Å². The predicted molar refractivity (Wildman–Crippen MR) is 103 cm³/mol. The predicted octanol–water partition coefficient (Wildman–Crippen LogP) is 3.80. The van der Waals surface area contributed by atoms with Crippen molar-refractivity contribution in [3.05, 3.63) is 81.0 Å². The van der Waals surface area contributed by atoms with E-state index in [2.05, 4.69) is 33.5 Å². The normalized spacial score (nSPS) is 11.6. The van der Waals surface area contributed by atoms with Gasteiger partial charge in [-0.05, 0) is 46.8 Å². The van der Waals surface area contributed by atoms with Crippen molar-refractivity contribution < 1.29 is 0 Å². The van der Waals surface area contributed by atoms with Crippen LogP contribution < -0.4 is 5.56 Å². The number of nitrogens with zero attached hydrogens (tertiary/aromatic N) is 3. The highest BCUT2D eigenvalue weighted by Gasteiger charge is 2.06. The molecule has 1 heterocycles. The first kappa shape index (κ1) is 15.4. The highest BCUT2D eigenvalue weighted by Crippen LogP contribution is 2.27. The number of aromatic nitrogens is 3. The molecular formula is C19H14N4OS. The van der Waals surface area contributed by atoms with E-state index in [0.29, 0.717) is 5.69 Å². The van der Waals surface area contributed by atoms with E-state index in [-0.39, 0.29) is 10.3 Å². The molecule has 122 valence electrons. The van der Waals surface area contributed by atoms with Crippen molar-refractivity contribution in [2.24, 2.45) is 5.10 Å². The molecule has 5 nitrogen and oxygen atoms in total. The second kappa shape index (κ2) is 6.07. The smallest absolute Gasteiger partial charge is 0.265 e. The molecule has 0 unspecified atom stereocenters. The molecule has 0 amide bonds. The van der Waals surface area contributed by atoms with E-state index in [1.165, 1.54) is 0 Å². The first-order valence-corrected chi connectivity index (χ1v) is 8.19. The summed E-state index contributed by atoms with van der Waals surface area (Å²) in [5.41, 5.74) is 0.933. The standard InChI is InChI=1S/C19H14N4OS/c1-12-18(24)23(19(25)22-21-12)20-11-17-15-8-4-2-6-13(15)10-14-7-3-5-9-16(14)17/h2-11H,1H3,(H,22,25)/b20-11+. The van der Waals surface area contributed by atoms with Crippen LogP contribution in [0.5, 0.6) is 0 Å². The van der Waals surface area contributed by atoms with Crippen LogP contribution in [0, 0.1) is 11.7 Å². The Morgan fingerprint density at radius 1 is 1.08 bits per heavy atom. The van der Waals surface area contributed by atoms with Crippen LogP contribution in [0.3, 0.4) is 0 Å². The maximum absolute atomic E-state index is 12.2. The van der Waals surface area contributed by atoms with Gasteiger partial charge in [0.1, 0.15) is 5.69 Å². The van der Waals surface area contributed by atoms with Crippen molar-refractivity contribution >= 4 is 40.0 Å². The Kier molecular flexibility index (Phi) is 3.74. The molecule has 0 bridgehead atoms. The van der Waals surface area contributed by atoms with E-state index in [1.807, 2.05) is 36.4 Å². The molecule has 0 saturated heterocycles. The average Bonchev–Trinajstić information content (AvgIpc) is 2.64. The number of rotatable bonds is 2. The van der Waals surface area contributed by atoms with Gasteiger partial charge in [-0.2, -0.15) is 14.9 Å². The molecule has 0 saturated carbocycles. The fourth-order valence-electron chi connectivity index (χ4n) is 2.88. The lowest BCUT2D eigenvalue weighted by Gasteiger charge is -2.08. The fourth-order valence-corrected chi connectivity index (χ4v) is 3.06. The Morgan fingerprint density at radius 3 is 2.32 bits per heavy atom. The summed E-state index contributed by atoms with van der Waals surface area (Å²) in [5.74, 6) is 0. The Hall–Kier alpha value is -3.12. The van der Waals surface area contributed by atoms with Gasteiger partial charge in [-0.3, -0.25) is 9.89 Å². The molecular weight excluding hydrogens is 332 g/mol. The largest absolute Gasteiger partial charge is 0.296 e. The molecule has 3 aromatic carbocycles. The van der Waals surface area contributed by atoms with Gasteiger partial charge in [-0.15, -0.1) is 0 Å². The van der Waals surface area contributed by atoms with Crippen LogP contribution in [0.25, 0.3) is 21.5 Å². The molecule has 0 radical (unpaired) electrons. The van der Waals surface area contributed by atoms with Gasteiger partial charge in [0.15, 0.2) is 0 Å². The molecule has 1 aromatic heterocycles. The molecule has 0 aliphatic heterocycles. The van der Waals surface area contributed by atoms with Crippen LogP contribution >= 0.6 is 12.2 Å². The number of hydrogen-bond donors (Lipinski definition) is 1. The van der Waals surface area contributed by atoms with Gasteiger partial charge in [0.05, 0.1) is 6.21 Å². The van der Waals surface area contributed by atoms with Gasteiger partial charge < -0.3 is 0 Å². The van der Waals surface area contributed by atoms with Gasteiger partial charge in [-0.25, -0.2) is 0 Å². The topological polar surface area (TPSA) is 63.0 Å². The van der Waals surface area contributed by atoms with Crippen LogP contribution in [0.1, 0.15) is 11.3 Å². The number of aromatic amines is 1. The van der Waals surface area contributed by atoms with E-state index in [0.717, 1.165) is 31.8 Å². The van der Waals surface area contributed by atoms with Gasteiger partial charge >= 0.3 is 0 Å². The van der Waals surface area contributed by atoms with Crippen LogP contribution in [0.2, 0.25) is 0 Å². The summed E-state index contributed by atoms with van der Waals surface area (Å²) < 4.78 is 1.32. The zero-order valence-electron chi connectivity index (χ0n) is 13.4. The highest BCUT2D eigenvalue weighted by atomic mass is 32.1. The minimum absolute atomic E-state index is 0.163. The zero-order valence-corrected chi connectivity index (χ0v) is 14.2. The van der Waals surface area contributed by atoms with Crippen LogP contribution in [-0.2, 0) is 0 Å². The first-order chi connectivity index (χ1) is 12.1.